The number of nitrogens with one attached hydrogen (secondary N) is 1. The Kier molecular flexibility index (Phi) is 8.55. The van der Waals surface area contributed by atoms with E-state index in [-0.39, 0.29) is 41.1 Å². The summed E-state index contributed by atoms with van der Waals surface area (Å²) < 4.78 is 27.3. The first kappa shape index (κ1) is 28.6. The van der Waals surface area contributed by atoms with Gasteiger partial charge in [0, 0.05) is 31.2 Å². The summed E-state index contributed by atoms with van der Waals surface area (Å²) in [6.45, 7) is 9.80. The normalized spacial score (nSPS) is 22.8. The molecule has 2 saturated heterocycles. The van der Waals surface area contributed by atoms with Crippen molar-refractivity contribution in [3.63, 3.8) is 0 Å². The van der Waals surface area contributed by atoms with Crippen LogP contribution in [-0.4, -0.2) is 61.7 Å². The Bertz CT molecular complexity index is 1250. The molecule has 38 heavy (non-hydrogen) atoms. The first-order chi connectivity index (χ1) is 17.9. The highest BCUT2D eigenvalue weighted by Crippen LogP contribution is 2.42. The van der Waals surface area contributed by atoms with Crippen molar-refractivity contribution in [3.8, 4) is 0 Å². The van der Waals surface area contributed by atoms with Crippen LogP contribution in [0.5, 0.6) is 0 Å². The van der Waals surface area contributed by atoms with Gasteiger partial charge in [-0.2, -0.15) is 4.31 Å². The molecule has 206 valence electrons. The van der Waals surface area contributed by atoms with E-state index in [1.807, 2.05) is 30.9 Å². The van der Waals surface area contributed by atoms with Gasteiger partial charge < -0.3 is 10.2 Å². The van der Waals surface area contributed by atoms with Gasteiger partial charge in [0.25, 0.3) is 0 Å². The van der Waals surface area contributed by atoms with Crippen molar-refractivity contribution in [2.24, 2.45) is 17.3 Å². The Morgan fingerprint density at radius 2 is 1.66 bits per heavy atom. The van der Waals surface area contributed by atoms with E-state index in [9.17, 15) is 18.0 Å². The van der Waals surface area contributed by atoms with Crippen molar-refractivity contribution >= 4 is 33.4 Å². The summed E-state index contributed by atoms with van der Waals surface area (Å²) in [6.07, 6.45) is 1.25. The highest BCUT2D eigenvalue weighted by molar-refractivity contribution is 7.89. The van der Waals surface area contributed by atoms with Crippen molar-refractivity contribution in [1.29, 1.82) is 0 Å². The third-order valence-corrected chi connectivity index (χ3v) is 10.1. The van der Waals surface area contributed by atoms with Gasteiger partial charge in [0.2, 0.25) is 21.8 Å². The number of piperidine rings is 1. The van der Waals surface area contributed by atoms with Crippen molar-refractivity contribution in [3.05, 3.63) is 65.2 Å². The van der Waals surface area contributed by atoms with Gasteiger partial charge in [0.05, 0.1) is 10.8 Å². The van der Waals surface area contributed by atoms with Crippen LogP contribution in [0.2, 0.25) is 5.02 Å². The first-order valence-electron chi connectivity index (χ1n) is 13.3. The van der Waals surface area contributed by atoms with Crippen molar-refractivity contribution in [1.82, 2.24) is 14.5 Å². The minimum atomic E-state index is -3.66. The largest absolute Gasteiger partial charge is 0.344 e. The lowest BCUT2D eigenvalue weighted by molar-refractivity contribution is -0.141. The van der Waals surface area contributed by atoms with E-state index < -0.39 is 22.0 Å². The number of halogens is 1. The fraction of sp³-hybridized carbons (Fsp3) is 0.517. The summed E-state index contributed by atoms with van der Waals surface area (Å²) in [5.74, 6) is -0.642. The molecule has 0 radical (unpaired) electrons. The van der Waals surface area contributed by atoms with Crippen LogP contribution in [0.15, 0.2) is 59.5 Å². The number of carbonyl (C=O) groups is 2. The summed E-state index contributed by atoms with van der Waals surface area (Å²) >= 11 is 6.08. The smallest absolute Gasteiger partial charge is 0.245 e. The maximum absolute atomic E-state index is 13.7. The van der Waals surface area contributed by atoms with E-state index >= 15 is 0 Å². The molecule has 0 aromatic heterocycles. The Balaban J connectivity index is 1.40. The van der Waals surface area contributed by atoms with Gasteiger partial charge in [0.15, 0.2) is 0 Å². The molecule has 0 bridgehead atoms. The van der Waals surface area contributed by atoms with Crippen molar-refractivity contribution in [2.75, 3.05) is 26.2 Å². The molecule has 0 unspecified atom stereocenters. The van der Waals surface area contributed by atoms with Crippen molar-refractivity contribution < 1.29 is 18.0 Å². The topological polar surface area (TPSA) is 86.8 Å². The Hall–Kier alpha value is -2.42. The molecule has 2 aliphatic rings. The first-order valence-corrected chi connectivity index (χ1v) is 15.1. The highest BCUT2D eigenvalue weighted by Gasteiger charge is 2.42. The summed E-state index contributed by atoms with van der Waals surface area (Å²) in [6, 6.07) is 15.5. The molecule has 2 aromatic rings. The van der Waals surface area contributed by atoms with Gasteiger partial charge in [0.1, 0.15) is 6.04 Å². The minimum Gasteiger partial charge on any atom is -0.344 e. The van der Waals surface area contributed by atoms with Gasteiger partial charge >= 0.3 is 0 Å². The van der Waals surface area contributed by atoms with Gasteiger partial charge in [-0.25, -0.2) is 8.42 Å². The molecular formula is C29H38ClN3O4S. The number of amides is 2. The molecule has 2 aliphatic heterocycles. The molecule has 2 heterocycles. The molecule has 2 amide bonds. The summed E-state index contributed by atoms with van der Waals surface area (Å²) in [5.41, 5.74) is 1.07. The zero-order valence-corrected chi connectivity index (χ0v) is 24.1. The predicted octanol–water partition coefficient (Wildman–Crippen LogP) is 4.53. The number of hydrogen-bond acceptors (Lipinski definition) is 4. The summed E-state index contributed by atoms with van der Waals surface area (Å²) in [7, 11) is -3.66. The van der Waals surface area contributed by atoms with Gasteiger partial charge in [-0.3, -0.25) is 9.59 Å². The number of likely N-dealkylation sites (tertiary alicyclic amines) is 1. The lowest BCUT2D eigenvalue weighted by Gasteiger charge is -2.45. The number of hydrogen-bond donors (Lipinski definition) is 1. The number of rotatable bonds is 7. The van der Waals surface area contributed by atoms with Crippen LogP contribution >= 0.6 is 11.6 Å². The standard InChI is InChI=1S/C29H38ClN3O4S/c1-20(2)26(28(35)32-16-15-25(29(3,4)19-32)21-10-12-23(30)13-11-21)31-27(34)22-14-17-33(18-22)38(36,37)24-8-6-5-7-9-24/h5-13,20,22,25-26H,14-19H2,1-4H3,(H,31,34)/t22-,25-,26-/m1/s1. The van der Waals surface area contributed by atoms with E-state index in [1.165, 1.54) is 9.87 Å². The second-order valence-electron chi connectivity index (χ2n) is 11.5. The van der Waals surface area contributed by atoms with Gasteiger partial charge in [-0.05, 0) is 59.9 Å². The maximum Gasteiger partial charge on any atom is 0.245 e. The van der Waals surface area contributed by atoms with E-state index in [4.69, 9.17) is 11.6 Å². The second kappa shape index (κ2) is 11.4. The number of benzene rings is 2. The fourth-order valence-electron chi connectivity index (χ4n) is 5.74. The minimum absolute atomic E-state index is 0.0808. The fourth-order valence-corrected chi connectivity index (χ4v) is 7.39. The third kappa shape index (κ3) is 6.08. The van der Waals surface area contributed by atoms with Gasteiger partial charge in [-0.1, -0.05) is 69.6 Å². The molecule has 0 saturated carbocycles. The molecule has 9 heteroatoms. The third-order valence-electron chi connectivity index (χ3n) is 7.95. The van der Waals surface area contributed by atoms with Crippen LogP contribution < -0.4 is 5.32 Å². The zero-order valence-electron chi connectivity index (χ0n) is 22.6. The second-order valence-corrected chi connectivity index (χ2v) is 13.9. The van der Waals surface area contributed by atoms with Crippen molar-refractivity contribution in [2.45, 2.75) is 57.4 Å². The van der Waals surface area contributed by atoms with Crippen LogP contribution in [0.1, 0.15) is 52.0 Å². The molecule has 4 rings (SSSR count). The van der Waals surface area contributed by atoms with E-state index in [0.717, 1.165) is 6.42 Å². The Morgan fingerprint density at radius 1 is 1.00 bits per heavy atom. The average molecular weight is 560 g/mol. The van der Waals surface area contributed by atoms with Crippen LogP contribution in [0.3, 0.4) is 0 Å². The van der Waals surface area contributed by atoms with Crippen LogP contribution in [0.4, 0.5) is 0 Å². The SMILES string of the molecule is CC(C)[C@@H](NC(=O)[C@@H]1CCN(S(=O)(=O)c2ccccc2)C1)C(=O)N1CC[C@H](c2ccc(Cl)cc2)C(C)(C)C1. The van der Waals surface area contributed by atoms with Gasteiger partial charge in [-0.15, -0.1) is 0 Å². The monoisotopic (exact) mass is 559 g/mol. The molecule has 1 N–H and O–H groups in total. The molecule has 2 fully saturated rings. The lowest BCUT2D eigenvalue weighted by Crippen LogP contribution is -2.56. The Morgan fingerprint density at radius 3 is 2.26 bits per heavy atom. The predicted molar refractivity (Wildman–Crippen MR) is 149 cm³/mol. The molecule has 0 aliphatic carbocycles. The lowest BCUT2D eigenvalue weighted by atomic mass is 9.70. The molecule has 0 spiro atoms. The molecule has 3 atom stereocenters. The summed E-state index contributed by atoms with van der Waals surface area (Å²) in [4.78, 5) is 29.0. The molecule has 7 nitrogen and oxygen atoms in total. The average Bonchev–Trinajstić information content (AvgIpc) is 3.39. The highest BCUT2D eigenvalue weighted by atomic mass is 35.5. The van der Waals surface area contributed by atoms with Crippen LogP contribution in [0.25, 0.3) is 0 Å². The summed E-state index contributed by atoms with van der Waals surface area (Å²) in [5, 5.41) is 3.68. The molecule has 2 aromatic carbocycles. The number of carbonyl (C=O) groups excluding carboxylic acids is 2. The Labute approximate surface area is 231 Å². The molecular weight excluding hydrogens is 522 g/mol. The van der Waals surface area contributed by atoms with E-state index in [1.54, 1.807) is 30.3 Å². The number of nitrogens with zero attached hydrogens (tertiary/aromatic N) is 2. The zero-order chi connectivity index (χ0) is 27.7. The van der Waals surface area contributed by atoms with Crippen LogP contribution in [0, 0.1) is 17.3 Å². The quantitative estimate of drug-likeness (QED) is 0.540. The van der Waals surface area contributed by atoms with E-state index in [2.05, 4.69) is 31.3 Å². The van der Waals surface area contributed by atoms with Crippen LogP contribution in [-0.2, 0) is 19.6 Å². The maximum atomic E-state index is 13.7. The van der Waals surface area contributed by atoms with E-state index in [0.29, 0.717) is 30.5 Å². The number of sulfonamides is 1.